The highest BCUT2D eigenvalue weighted by atomic mass is 16.1. The van der Waals surface area contributed by atoms with Gasteiger partial charge >= 0.3 is 0 Å². The number of carbonyl (C=O) groups excluding carboxylic acids is 1. The summed E-state index contributed by atoms with van der Waals surface area (Å²) in [6, 6.07) is 9.06. The van der Waals surface area contributed by atoms with Gasteiger partial charge in [-0.2, -0.15) is 0 Å². The van der Waals surface area contributed by atoms with Crippen molar-refractivity contribution in [2.75, 3.05) is 13.6 Å². The van der Waals surface area contributed by atoms with E-state index in [0.717, 1.165) is 26.1 Å². The first kappa shape index (κ1) is 17.0. The third kappa shape index (κ3) is 4.55. The van der Waals surface area contributed by atoms with E-state index in [1.807, 2.05) is 0 Å². The molecule has 4 heteroatoms. The van der Waals surface area contributed by atoms with Crippen LogP contribution in [0.5, 0.6) is 0 Å². The molecular formula is C18H29N3O. The van der Waals surface area contributed by atoms with Gasteiger partial charge in [-0.3, -0.25) is 4.79 Å². The quantitative estimate of drug-likeness (QED) is 0.847. The number of nitrogens with one attached hydrogen (secondary N) is 2. The fourth-order valence-corrected chi connectivity index (χ4v) is 3.00. The molecule has 2 N–H and O–H groups in total. The van der Waals surface area contributed by atoms with E-state index >= 15 is 0 Å². The highest BCUT2D eigenvalue weighted by Gasteiger charge is 2.34. The maximum Gasteiger partial charge on any atom is 0.220 e. The second-order valence-corrected chi connectivity index (χ2v) is 6.89. The van der Waals surface area contributed by atoms with Crippen molar-refractivity contribution in [3.8, 4) is 0 Å². The molecule has 2 rings (SSSR count). The summed E-state index contributed by atoms with van der Waals surface area (Å²) < 4.78 is 0. The second kappa shape index (κ2) is 7.25. The molecule has 1 aromatic carbocycles. The molecule has 0 aliphatic carbocycles. The average molecular weight is 303 g/mol. The Morgan fingerprint density at radius 1 is 1.36 bits per heavy atom. The van der Waals surface area contributed by atoms with Gasteiger partial charge in [-0.15, -0.1) is 0 Å². The number of rotatable bonds is 6. The van der Waals surface area contributed by atoms with Gasteiger partial charge in [-0.05, 0) is 45.0 Å². The van der Waals surface area contributed by atoms with E-state index in [1.54, 1.807) is 0 Å². The van der Waals surface area contributed by atoms with Crippen LogP contribution in [0, 0.1) is 0 Å². The monoisotopic (exact) mass is 303 g/mol. The summed E-state index contributed by atoms with van der Waals surface area (Å²) in [7, 11) is 2.14. The fraction of sp³-hybridized carbons (Fsp3) is 0.611. The molecule has 1 aliphatic heterocycles. The summed E-state index contributed by atoms with van der Waals surface area (Å²) in [4.78, 5) is 13.8. The standard InChI is InChI=1S/C18H29N3O/c1-5-21(4)13-15-8-6-7-14(11-15)12-19-16-9-10-17(22)20-18(16,2)3/h6-8,11,16,19H,5,9-10,12-13H2,1-4H3,(H,20,22). The molecule has 0 spiro atoms. The molecule has 1 fully saturated rings. The minimum atomic E-state index is -0.185. The largest absolute Gasteiger partial charge is 0.350 e. The van der Waals surface area contributed by atoms with Gasteiger partial charge in [-0.1, -0.05) is 31.2 Å². The van der Waals surface area contributed by atoms with Crippen LogP contribution in [-0.4, -0.2) is 36.0 Å². The molecule has 0 saturated carbocycles. The lowest BCUT2D eigenvalue weighted by molar-refractivity contribution is -0.125. The van der Waals surface area contributed by atoms with Crippen LogP contribution in [-0.2, 0) is 17.9 Å². The zero-order valence-corrected chi connectivity index (χ0v) is 14.3. The topological polar surface area (TPSA) is 44.4 Å². The molecule has 1 aliphatic rings. The van der Waals surface area contributed by atoms with Crippen molar-refractivity contribution < 1.29 is 4.79 Å². The number of carbonyl (C=O) groups is 1. The Labute approximate surface area is 134 Å². The molecule has 1 heterocycles. The second-order valence-electron chi connectivity index (χ2n) is 6.89. The summed E-state index contributed by atoms with van der Waals surface area (Å²) in [6.07, 6.45) is 1.51. The van der Waals surface area contributed by atoms with Crippen LogP contribution in [0.15, 0.2) is 24.3 Å². The molecule has 1 aromatic rings. The molecule has 1 unspecified atom stereocenters. The van der Waals surface area contributed by atoms with Crippen LogP contribution in [0.4, 0.5) is 0 Å². The van der Waals surface area contributed by atoms with E-state index in [9.17, 15) is 4.79 Å². The zero-order valence-electron chi connectivity index (χ0n) is 14.3. The van der Waals surface area contributed by atoms with Gasteiger partial charge in [0, 0.05) is 31.1 Å². The number of hydrogen-bond donors (Lipinski definition) is 2. The first-order valence-corrected chi connectivity index (χ1v) is 8.21. The Bertz CT molecular complexity index is 513. The van der Waals surface area contributed by atoms with Crippen molar-refractivity contribution >= 4 is 5.91 Å². The van der Waals surface area contributed by atoms with E-state index < -0.39 is 0 Å². The third-order valence-electron chi connectivity index (χ3n) is 4.53. The van der Waals surface area contributed by atoms with Gasteiger partial charge in [0.2, 0.25) is 5.91 Å². The first-order chi connectivity index (χ1) is 10.4. The predicted octanol–water partition coefficient (Wildman–Crippen LogP) is 2.29. The zero-order chi connectivity index (χ0) is 16.2. The number of hydrogen-bond acceptors (Lipinski definition) is 3. The Balaban J connectivity index is 1.94. The number of amides is 1. The lowest BCUT2D eigenvalue weighted by Gasteiger charge is -2.39. The van der Waals surface area contributed by atoms with Gasteiger partial charge in [0.25, 0.3) is 0 Å². The Hall–Kier alpha value is -1.39. The molecule has 122 valence electrons. The van der Waals surface area contributed by atoms with E-state index in [2.05, 4.69) is 67.6 Å². The van der Waals surface area contributed by atoms with Crippen molar-refractivity contribution in [1.82, 2.24) is 15.5 Å². The summed E-state index contributed by atoms with van der Waals surface area (Å²) >= 11 is 0. The van der Waals surface area contributed by atoms with Crippen LogP contribution in [0.3, 0.4) is 0 Å². The molecule has 22 heavy (non-hydrogen) atoms. The van der Waals surface area contributed by atoms with E-state index in [1.165, 1.54) is 11.1 Å². The molecule has 0 aromatic heterocycles. The molecule has 4 nitrogen and oxygen atoms in total. The van der Waals surface area contributed by atoms with Crippen molar-refractivity contribution in [2.45, 2.75) is 58.3 Å². The first-order valence-electron chi connectivity index (χ1n) is 8.21. The van der Waals surface area contributed by atoms with Crippen molar-refractivity contribution in [1.29, 1.82) is 0 Å². The molecule has 0 bridgehead atoms. The van der Waals surface area contributed by atoms with Crippen molar-refractivity contribution in [3.63, 3.8) is 0 Å². The van der Waals surface area contributed by atoms with Gasteiger partial charge in [-0.25, -0.2) is 0 Å². The Morgan fingerprint density at radius 2 is 2.09 bits per heavy atom. The third-order valence-corrected chi connectivity index (χ3v) is 4.53. The highest BCUT2D eigenvalue weighted by Crippen LogP contribution is 2.20. The van der Waals surface area contributed by atoms with Gasteiger partial charge < -0.3 is 15.5 Å². The number of benzene rings is 1. The van der Waals surface area contributed by atoms with Crippen molar-refractivity contribution in [3.05, 3.63) is 35.4 Å². The maximum absolute atomic E-state index is 11.5. The smallest absolute Gasteiger partial charge is 0.220 e. The average Bonchev–Trinajstić information content (AvgIpc) is 2.45. The summed E-state index contributed by atoms with van der Waals surface area (Å²) in [5.41, 5.74) is 2.46. The van der Waals surface area contributed by atoms with E-state index in [4.69, 9.17) is 0 Å². The highest BCUT2D eigenvalue weighted by molar-refractivity contribution is 5.77. The maximum atomic E-state index is 11.5. The minimum Gasteiger partial charge on any atom is -0.350 e. The molecule has 1 atom stereocenters. The molecule has 1 saturated heterocycles. The van der Waals surface area contributed by atoms with E-state index in [-0.39, 0.29) is 11.4 Å². The van der Waals surface area contributed by atoms with Gasteiger partial charge in [0.1, 0.15) is 0 Å². The number of piperidine rings is 1. The minimum absolute atomic E-state index is 0.160. The molecular weight excluding hydrogens is 274 g/mol. The lowest BCUT2D eigenvalue weighted by atomic mass is 9.86. The Morgan fingerprint density at radius 3 is 2.77 bits per heavy atom. The fourth-order valence-electron chi connectivity index (χ4n) is 3.00. The molecule has 0 radical (unpaired) electrons. The van der Waals surface area contributed by atoms with Gasteiger partial charge in [0.05, 0.1) is 0 Å². The normalized spacial score (nSPS) is 21.0. The summed E-state index contributed by atoms with van der Waals surface area (Å²) in [5, 5.41) is 6.69. The van der Waals surface area contributed by atoms with E-state index in [0.29, 0.717) is 12.5 Å². The predicted molar refractivity (Wildman–Crippen MR) is 90.5 cm³/mol. The van der Waals surface area contributed by atoms with Crippen LogP contribution in [0.1, 0.15) is 44.7 Å². The van der Waals surface area contributed by atoms with Crippen LogP contribution >= 0.6 is 0 Å². The van der Waals surface area contributed by atoms with Gasteiger partial charge in [0.15, 0.2) is 0 Å². The number of nitrogens with zero attached hydrogens (tertiary/aromatic N) is 1. The Kier molecular flexibility index (Phi) is 5.59. The lowest BCUT2D eigenvalue weighted by Crippen LogP contribution is -2.60. The SMILES string of the molecule is CCN(C)Cc1cccc(CNC2CCC(=O)NC2(C)C)c1. The summed E-state index contributed by atoms with van der Waals surface area (Å²) in [5.74, 6) is 0.160. The summed E-state index contributed by atoms with van der Waals surface area (Å²) in [6.45, 7) is 9.23. The van der Waals surface area contributed by atoms with Crippen molar-refractivity contribution in [2.24, 2.45) is 0 Å². The van der Waals surface area contributed by atoms with Crippen LogP contribution in [0.2, 0.25) is 0 Å². The molecule has 1 amide bonds. The van der Waals surface area contributed by atoms with Crippen LogP contribution < -0.4 is 10.6 Å². The van der Waals surface area contributed by atoms with Crippen LogP contribution in [0.25, 0.3) is 0 Å².